The molecule has 0 amide bonds. The molecule has 2 rings (SSSR count). The second-order valence-corrected chi connectivity index (χ2v) is 3.87. The fraction of sp³-hybridized carbons (Fsp3) is 0.273. The average molecular weight is 262 g/mol. The maximum atomic E-state index is 8.59. The third kappa shape index (κ3) is 3.49. The van der Waals surface area contributed by atoms with E-state index in [9.17, 15) is 0 Å². The SMILES string of the molecule is Cc1nc(CNCc2ccnc(/C(N)=N/O)c2)no1. The molecule has 0 unspecified atom stereocenters. The minimum atomic E-state index is -0.0179. The zero-order valence-corrected chi connectivity index (χ0v) is 10.4. The number of hydrogen-bond acceptors (Lipinski definition) is 7. The molecule has 0 spiro atoms. The summed E-state index contributed by atoms with van der Waals surface area (Å²) in [5.74, 6) is 1.12. The predicted molar refractivity (Wildman–Crippen MR) is 66.3 cm³/mol. The van der Waals surface area contributed by atoms with Gasteiger partial charge in [-0.15, -0.1) is 0 Å². The van der Waals surface area contributed by atoms with E-state index in [4.69, 9.17) is 15.5 Å². The van der Waals surface area contributed by atoms with Gasteiger partial charge in [0.15, 0.2) is 11.7 Å². The van der Waals surface area contributed by atoms with E-state index >= 15 is 0 Å². The van der Waals surface area contributed by atoms with Gasteiger partial charge in [-0.3, -0.25) is 4.98 Å². The van der Waals surface area contributed by atoms with Gasteiger partial charge in [0.1, 0.15) is 5.69 Å². The van der Waals surface area contributed by atoms with E-state index in [0.29, 0.717) is 30.5 Å². The minimum Gasteiger partial charge on any atom is -0.409 e. The van der Waals surface area contributed by atoms with Gasteiger partial charge in [-0.2, -0.15) is 4.98 Å². The summed E-state index contributed by atoms with van der Waals surface area (Å²) >= 11 is 0. The Labute approximate surface area is 109 Å². The highest BCUT2D eigenvalue weighted by atomic mass is 16.5. The fourth-order valence-corrected chi connectivity index (χ4v) is 1.51. The summed E-state index contributed by atoms with van der Waals surface area (Å²) in [5.41, 5.74) is 6.85. The Balaban J connectivity index is 1.92. The Morgan fingerprint density at radius 1 is 1.53 bits per heavy atom. The number of nitrogens with one attached hydrogen (secondary N) is 1. The lowest BCUT2D eigenvalue weighted by Gasteiger charge is -2.04. The zero-order chi connectivity index (χ0) is 13.7. The van der Waals surface area contributed by atoms with Crippen molar-refractivity contribution >= 4 is 5.84 Å². The van der Waals surface area contributed by atoms with E-state index in [2.05, 4.69) is 25.6 Å². The Morgan fingerprint density at radius 3 is 3.05 bits per heavy atom. The van der Waals surface area contributed by atoms with Crippen LogP contribution < -0.4 is 11.1 Å². The molecule has 2 aromatic heterocycles. The predicted octanol–water partition coefficient (Wildman–Crippen LogP) is 0.157. The van der Waals surface area contributed by atoms with Crippen LogP contribution in [-0.2, 0) is 13.1 Å². The molecule has 0 fully saturated rings. The third-order valence-corrected chi connectivity index (χ3v) is 2.38. The van der Waals surface area contributed by atoms with E-state index in [1.54, 1.807) is 19.2 Å². The van der Waals surface area contributed by atoms with Crippen LogP contribution in [0.1, 0.15) is 23.0 Å². The molecule has 0 aliphatic carbocycles. The molecule has 0 saturated heterocycles. The van der Waals surface area contributed by atoms with E-state index in [1.165, 1.54) is 0 Å². The van der Waals surface area contributed by atoms with Crippen molar-refractivity contribution in [1.29, 1.82) is 0 Å². The second kappa shape index (κ2) is 5.91. The molecule has 8 heteroatoms. The topological polar surface area (TPSA) is 122 Å². The number of aryl methyl sites for hydroxylation is 1. The summed E-state index contributed by atoms with van der Waals surface area (Å²) in [4.78, 5) is 8.07. The molecule has 2 heterocycles. The van der Waals surface area contributed by atoms with Crippen molar-refractivity contribution in [2.75, 3.05) is 0 Å². The van der Waals surface area contributed by atoms with Gasteiger partial charge in [-0.25, -0.2) is 0 Å². The maximum Gasteiger partial charge on any atom is 0.223 e. The van der Waals surface area contributed by atoms with Gasteiger partial charge in [-0.05, 0) is 17.7 Å². The Morgan fingerprint density at radius 2 is 2.37 bits per heavy atom. The van der Waals surface area contributed by atoms with E-state index in [-0.39, 0.29) is 5.84 Å². The lowest BCUT2D eigenvalue weighted by atomic mass is 10.2. The molecule has 0 atom stereocenters. The number of nitrogens with zero attached hydrogens (tertiary/aromatic N) is 4. The Hall–Kier alpha value is -2.48. The van der Waals surface area contributed by atoms with Gasteiger partial charge in [0.05, 0.1) is 6.54 Å². The van der Waals surface area contributed by atoms with Gasteiger partial charge in [0.25, 0.3) is 0 Å². The van der Waals surface area contributed by atoms with Crippen LogP contribution in [0.25, 0.3) is 0 Å². The van der Waals surface area contributed by atoms with Crippen molar-refractivity contribution < 1.29 is 9.73 Å². The first-order valence-electron chi connectivity index (χ1n) is 5.62. The summed E-state index contributed by atoms with van der Waals surface area (Å²) in [6.45, 7) is 2.82. The van der Waals surface area contributed by atoms with Crippen LogP contribution in [0.2, 0.25) is 0 Å². The molecule has 4 N–H and O–H groups in total. The normalized spacial score (nSPS) is 11.7. The van der Waals surface area contributed by atoms with Crippen molar-refractivity contribution in [3.05, 3.63) is 41.3 Å². The van der Waals surface area contributed by atoms with Crippen LogP contribution in [0.4, 0.5) is 0 Å². The number of amidine groups is 1. The third-order valence-electron chi connectivity index (χ3n) is 2.38. The molecular weight excluding hydrogens is 248 g/mol. The van der Waals surface area contributed by atoms with E-state index < -0.39 is 0 Å². The highest BCUT2D eigenvalue weighted by Gasteiger charge is 2.04. The van der Waals surface area contributed by atoms with Crippen molar-refractivity contribution in [2.45, 2.75) is 20.0 Å². The number of oxime groups is 1. The summed E-state index contributed by atoms with van der Waals surface area (Å²) in [5, 5.41) is 18.4. The van der Waals surface area contributed by atoms with Crippen LogP contribution in [0.3, 0.4) is 0 Å². The van der Waals surface area contributed by atoms with Crippen molar-refractivity contribution in [1.82, 2.24) is 20.4 Å². The largest absolute Gasteiger partial charge is 0.409 e. The van der Waals surface area contributed by atoms with Gasteiger partial charge >= 0.3 is 0 Å². The van der Waals surface area contributed by atoms with Gasteiger partial charge in [-0.1, -0.05) is 10.3 Å². The second-order valence-electron chi connectivity index (χ2n) is 3.87. The Kier molecular flexibility index (Phi) is 4.04. The molecular formula is C11H14N6O2. The number of nitrogens with two attached hydrogens (primary N) is 1. The highest BCUT2D eigenvalue weighted by molar-refractivity contribution is 5.95. The average Bonchev–Trinajstić information content (AvgIpc) is 2.84. The molecule has 0 aliphatic heterocycles. The van der Waals surface area contributed by atoms with Crippen LogP contribution in [0.5, 0.6) is 0 Å². The monoisotopic (exact) mass is 262 g/mol. The first-order valence-corrected chi connectivity index (χ1v) is 5.62. The minimum absolute atomic E-state index is 0.0179. The molecule has 2 aromatic rings. The standard InChI is InChI=1S/C11H14N6O2/c1-7-15-10(17-19-7)6-13-5-8-2-3-14-9(4-8)11(12)16-18/h2-4,13,18H,5-6H2,1H3,(H2,12,16). The number of pyridine rings is 1. The summed E-state index contributed by atoms with van der Waals surface area (Å²) in [7, 11) is 0. The molecule has 19 heavy (non-hydrogen) atoms. The molecule has 0 saturated carbocycles. The van der Waals surface area contributed by atoms with Crippen molar-refractivity contribution in [2.24, 2.45) is 10.9 Å². The van der Waals surface area contributed by atoms with Crippen molar-refractivity contribution in [3.63, 3.8) is 0 Å². The maximum absolute atomic E-state index is 8.59. The number of hydrogen-bond donors (Lipinski definition) is 3. The molecule has 100 valence electrons. The highest BCUT2D eigenvalue weighted by Crippen LogP contribution is 2.02. The summed E-state index contributed by atoms with van der Waals surface area (Å²) in [6.07, 6.45) is 1.60. The summed E-state index contributed by atoms with van der Waals surface area (Å²) in [6, 6.07) is 3.58. The van der Waals surface area contributed by atoms with Crippen LogP contribution in [0.15, 0.2) is 28.0 Å². The fourth-order valence-electron chi connectivity index (χ4n) is 1.51. The quantitative estimate of drug-likeness (QED) is 0.303. The van der Waals surface area contributed by atoms with Crippen LogP contribution >= 0.6 is 0 Å². The molecule has 0 aliphatic rings. The molecule has 0 bridgehead atoms. The summed E-state index contributed by atoms with van der Waals surface area (Å²) < 4.78 is 4.86. The molecule has 0 radical (unpaired) electrons. The lowest BCUT2D eigenvalue weighted by Crippen LogP contribution is -2.17. The van der Waals surface area contributed by atoms with Gasteiger partial charge in [0.2, 0.25) is 5.89 Å². The first-order chi connectivity index (χ1) is 9.19. The van der Waals surface area contributed by atoms with Gasteiger partial charge < -0.3 is 20.8 Å². The van der Waals surface area contributed by atoms with Crippen LogP contribution in [0, 0.1) is 6.92 Å². The number of rotatable bonds is 5. The smallest absolute Gasteiger partial charge is 0.223 e. The van der Waals surface area contributed by atoms with E-state index in [1.807, 2.05) is 6.07 Å². The van der Waals surface area contributed by atoms with E-state index in [0.717, 1.165) is 5.56 Å². The number of aromatic nitrogens is 3. The Bertz CT molecular complexity index is 580. The zero-order valence-electron chi connectivity index (χ0n) is 10.4. The molecule has 8 nitrogen and oxygen atoms in total. The lowest BCUT2D eigenvalue weighted by molar-refractivity contribution is 0.318. The van der Waals surface area contributed by atoms with Crippen LogP contribution in [-0.4, -0.2) is 26.2 Å². The van der Waals surface area contributed by atoms with Gasteiger partial charge in [0, 0.05) is 19.7 Å². The first kappa shape index (κ1) is 13.0. The molecule has 0 aromatic carbocycles. The van der Waals surface area contributed by atoms with Crippen molar-refractivity contribution in [3.8, 4) is 0 Å².